The van der Waals surface area contributed by atoms with E-state index in [4.69, 9.17) is 13.9 Å². The van der Waals surface area contributed by atoms with E-state index < -0.39 is 11.8 Å². The molecule has 0 N–H and O–H groups in total. The first kappa shape index (κ1) is 20.4. The average molecular weight is 399 g/mol. The minimum Gasteiger partial charge on any atom is -0.494 e. The smallest absolute Gasteiger partial charge is 0.310 e. The molecule has 0 bridgehead atoms. The molecule has 0 spiro atoms. The van der Waals surface area contributed by atoms with Gasteiger partial charge in [0.05, 0.1) is 26.3 Å². The summed E-state index contributed by atoms with van der Waals surface area (Å²) in [6.07, 6.45) is 1.47. The summed E-state index contributed by atoms with van der Waals surface area (Å²) < 4.78 is 31.0. The summed E-state index contributed by atoms with van der Waals surface area (Å²) in [5, 5.41) is 0. The number of furan rings is 1. The lowest BCUT2D eigenvalue weighted by atomic mass is 10.1. The second kappa shape index (κ2) is 8.77. The lowest BCUT2D eigenvalue weighted by molar-refractivity contribution is -0.141. The van der Waals surface area contributed by atoms with E-state index in [-0.39, 0.29) is 24.6 Å². The largest absolute Gasteiger partial charge is 0.494 e. The van der Waals surface area contributed by atoms with Gasteiger partial charge in [-0.05, 0) is 49.7 Å². The Morgan fingerprint density at radius 1 is 1.17 bits per heavy atom. The van der Waals surface area contributed by atoms with Crippen LogP contribution in [0, 0.1) is 19.7 Å². The quantitative estimate of drug-likeness (QED) is 0.425. The van der Waals surface area contributed by atoms with Gasteiger partial charge in [0.1, 0.15) is 5.76 Å². The molecule has 0 atom stereocenters. The van der Waals surface area contributed by atoms with Gasteiger partial charge in [0, 0.05) is 17.0 Å². The van der Waals surface area contributed by atoms with Crippen LogP contribution in [0.3, 0.4) is 0 Å². The maximum absolute atomic E-state index is 13.7. The maximum Gasteiger partial charge on any atom is 0.310 e. The fourth-order valence-electron chi connectivity index (χ4n) is 3.15. The highest BCUT2D eigenvalue weighted by molar-refractivity contribution is 5.99. The first-order valence-corrected chi connectivity index (χ1v) is 9.09. The third kappa shape index (κ3) is 4.74. The monoisotopic (exact) mass is 399 g/mol. The molecule has 0 aliphatic heterocycles. The maximum atomic E-state index is 13.7. The third-order valence-electron chi connectivity index (χ3n) is 4.70. The number of benzene rings is 1. The Morgan fingerprint density at radius 3 is 2.62 bits per heavy atom. The molecule has 2 heterocycles. The van der Waals surface area contributed by atoms with Crippen LogP contribution in [0.15, 0.2) is 47.1 Å². The van der Waals surface area contributed by atoms with E-state index in [1.807, 2.05) is 30.5 Å². The van der Waals surface area contributed by atoms with E-state index in [1.54, 1.807) is 18.4 Å². The minimum absolute atomic E-state index is 0.0993. The van der Waals surface area contributed by atoms with Crippen LogP contribution in [0.1, 0.15) is 33.1 Å². The lowest BCUT2D eigenvalue weighted by Crippen LogP contribution is -2.16. The van der Waals surface area contributed by atoms with Gasteiger partial charge in [-0.2, -0.15) is 0 Å². The second-order valence-corrected chi connectivity index (χ2v) is 6.68. The van der Waals surface area contributed by atoms with E-state index in [2.05, 4.69) is 0 Å². The number of rotatable bonds is 8. The van der Waals surface area contributed by atoms with Gasteiger partial charge in [0.15, 0.2) is 18.2 Å². The normalized spacial score (nSPS) is 10.8. The van der Waals surface area contributed by atoms with Crippen molar-refractivity contribution in [3.63, 3.8) is 0 Å². The number of ether oxygens (including phenoxy) is 2. The number of esters is 1. The van der Waals surface area contributed by atoms with Gasteiger partial charge in [-0.25, -0.2) is 4.39 Å². The second-order valence-electron chi connectivity index (χ2n) is 6.68. The third-order valence-corrected chi connectivity index (χ3v) is 4.70. The summed E-state index contributed by atoms with van der Waals surface area (Å²) in [6.45, 7) is 3.88. The van der Waals surface area contributed by atoms with Gasteiger partial charge in [-0.1, -0.05) is 6.07 Å². The molecule has 3 aromatic rings. The van der Waals surface area contributed by atoms with Crippen LogP contribution in [-0.4, -0.2) is 30.0 Å². The number of aromatic nitrogens is 1. The van der Waals surface area contributed by atoms with Crippen LogP contribution in [0.25, 0.3) is 0 Å². The van der Waals surface area contributed by atoms with Gasteiger partial charge in [-0.3, -0.25) is 9.59 Å². The van der Waals surface area contributed by atoms with Crippen molar-refractivity contribution in [3.8, 4) is 5.75 Å². The SMILES string of the molecule is COc1ccc(CC(=O)OCC(=O)c2cc(C)n(Cc3ccco3)c2C)cc1F. The molecular weight excluding hydrogens is 377 g/mol. The van der Waals surface area contributed by atoms with E-state index in [9.17, 15) is 14.0 Å². The molecule has 3 rings (SSSR count). The number of halogens is 1. The summed E-state index contributed by atoms with van der Waals surface area (Å²) in [4.78, 5) is 24.6. The Hall–Kier alpha value is -3.35. The van der Waals surface area contributed by atoms with Crippen LogP contribution in [0.2, 0.25) is 0 Å². The number of hydrogen-bond donors (Lipinski definition) is 0. The van der Waals surface area contributed by atoms with Gasteiger partial charge < -0.3 is 18.5 Å². The molecule has 0 saturated heterocycles. The molecule has 0 aliphatic rings. The predicted octanol–water partition coefficient (Wildman–Crippen LogP) is 3.86. The molecule has 6 nitrogen and oxygen atoms in total. The molecule has 0 aliphatic carbocycles. The standard InChI is InChI=1S/C22H22FNO5/c1-14-9-18(15(2)24(14)12-17-5-4-8-28-17)20(25)13-29-22(26)11-16-6-7-21(27-3)19(23)10-16/h4-10H,11-13H2,1-3H3. The van der Waals surface area contributed by atoms with Gasteiger partial charge >= 0.3 is 5.97 Å². The zero-order valence-electron chi connectivity index (χ0n) is 16.5. The number of hydrogen-bond acceptors (Lipinski definition) is 5. The Kier molecular flexibility index (Phi) is 6.16. The van der Waals surface area contributed by atoms with Crippen molar-refractivity contribution in [2.24, 2.45) is 0 Å². The zero-order chi connectivity index (χ0) is 21.0. The van der Waals surface area contributed by atoms with Crippen LogP contribution >= 0.6 is 0 Å². The molecule has 0 fully saturated rings. The van der Waals surface area contributed by atoms with Crippen LogP contribution in [0.5, 0.6) is 5.75 Å². The molecule has 1 aromatic carbocycles. The zero-order valence-corrected chi connectivity index (χ0v) is 16.5. The highest BCUT2D eigenvalue weighted by Gasteiger charge is 2.18. The van der Waals surface area contributed by atoms with E-state index >= 15 is 0 Å². The first-order chi connectivity index (χ1) is 13.9. The molecule has 7 heteroatoms. The fraction of sp³-hybridized carbons (Fsp3) is 0.273. The molecular formula is C22H22FNO5. The van der Waals surface area contributed by atoms with E-state index in [0.29, 0.717) is 17.7 Å². The number of Topliss-reactive ketones (excluding diaryl/α,β-unsaturated/α-hetero) is 1. The Balaban J connectivity index is 1.60. The first-order valence-electron chi connectivity index (χ1n) is 9.09. The number of carbonyl (C=O) groups is 2. The molecule has 152 valence electrons. The molecule has 2 aromatic heterocycles. The van der Waals surface area contributed by atoms with Crippen LogP contribution in [-0.2, 0) is 22.5 Å². The van der Waals surface area contributed by atoms with Crippen LogP contribution in [0.4, 0.5) is 4.39 Å². The summed E-state index contributed by atoms with van der Waals surface area (Å²) in [5.41, 5.74) is 2.62. The van der Waals surface area contributed by atoms with Crippen molar-refractivity contribution in [2.45, 2.75) is 26.8 Å². The summed E-state index contributed by atoms with van der Waals surface area (Å²) in [6, 6.07) is 9.68. The Bertz CT molecular complexity index is 1020. The van der Waals surface area contributed by atoms with E-state index in [1.165, 1.54) is 19.2 Å². The van der Waals surface area contributed by atoms with Crippen molar-refractivity contribution in [1.29, 1.82) is 0 Å². The van der Waals surface area contributed by atoms with Crippen LogP contribution < -0.4 is 4.74 Å². The van der Waals surface area contributed by atoms with E-state index in [0.717, 1.165) is 17.1 Å². The summed E-state index contributed by atoms with van der Waals surface area (Å²) in [7, 11) is 1.36. The molecule has 0 saturated carbocycles. The highest BCUT2D eigenvalue weighted by Crippen LogP contribution is 2.19. The van der Waals surface area contributed by atoms with Crippen molar-refractivity contribution in [3.05, 3.63) is 76.8 Å². The summed E-state index contributed by atoms with van der Waals surface area (Å²) in [5.74, 6) is -0.575. The minimum atomic E-state index is -0.604. The number of aryl methyl sites for hydroxylation is 1. The van der Waals surface area contributed by atoms with Crippen molar-refractivity contribution >= 4 is 11.8 Å². The number of ketones is 1. The van der Waals surface area contributed by atoms with Crippen molar-refractivity contribution in [1.82, 2.24) is 4.57 Å². The topological polar surface area (TPSA) is 70.7 Å². The van der Waals surface area contributed by atoms with Gasteiger partial charge in [-0.15, -0.1) is 0 Å². The number of methoxy groups -OCH3 is 1. The predicted molar refractivity (Wildman–Crippen MR) is 104 cm³/mol. The summed E-state index contributed by atoms with van der Waals surface area (Å²) >= 11 is 0. The molecule has 0 radical (unpaired) electrons. The van der Waals surface area contributed by atoms with Gasteiger partial charge in [0.25, 0.3) is 0 Å². The fourth-order valence-corrected chi connectivity index (χ4v) is 3.15. The van der Waals surface area contributed by atoms with Crippen molar-refractivity contribution < 1.29 is 27.9 Å². The number of nitrogens with zero attached hydrogens (tertiary/aromatic N) is 1. The molecule has 29 heavy (non-hydrogen) atoms. The molecule has 0 unspecified atom stereocenters. The Labute approximate surface area is 167 Å². The van der Waals surface area contributed by atoms with Gasteiger partial charge in [0.2, 0.25) is 5.78 Å². The van der Waals surface area contributed by atoms with Crippen molar-refractivity contribution in [2.75, 3.05) is 13.7 Å². The highest BCUT2D eigenvalue weighted by atomic mass is 19.1. The Morgan fingerprint density at radius 2 is 1.97 bits per heavy atom. The molecule has 0 amide bonds. The average Bonchev–Trinajstić information content (AvgIpc) is 3.30. The lowest BCUT2D eigenvalue weighted by Gasteiger charge is -2.08. The number of carbonyl (C=O) groups excluding carboxylic acids is 2.